The van der Waals surface area contributed by atoms with Gasteiger partial charge >= 0.3 is 0 Å². The van der Waals surface area contributed by atoms with Gasteiger partial charge in [-0.3, -0.25) is 0 Å². The lowest BCUT2D eigenvalue weighted by Crippen LogP contribution is -2.05. The third kappa shape index (κ3) is 2.82. The van der Waals surface area contributed by atoms with Crippen LogP contribution in [0.1, 0.15) is 12.6 Å². The minimum absolute atomic E-state index is 0.388. The van der Waals surface area contributed by atoms with Crippen molar-refractivity contribution in [3.8, 4) is 0 Å². The zero-order chi connectivity index (χ0) is 8.27. The first kappa shape index (κ1) is 8.43. The van der Waals surface area contributed by atoms with Crippen molar-refractivity contribution >= 4 is 11.6 Å². The van der Waals surface area contributed by atoms with E-state index < -0.39 is 0 Å². The smallest absolute Gasteiger partial charge is 0.132 e. The summed E-state index contributed by atoms with van der Waals surface area (Å²) in [5.41, 5.74) is 0.764. The zero-order valence-electron chi connectivity index (χ0n) is 6.16. The van der Waals surface area contributed by atoms with Crippen molar-refractivity contribution in [2.45, 2.75) is 19.4 Å². The Hall–Kier alpha value is -0.670. The van der Waals surface area contributed by atoms with Gasteiger partial charge in [-0.2, -0.15) is 0 Å². The minimum Gasteiger partial charge on any atom is -0.393 e. The highest BCUT2D eigenvalue weighted by Gasteiger charge is 2.00. The quantitative estimate of drug-likeness (QED) is 0.679. The van der Waals surface area contributed by atoms with Gasteiger partial charge in [-0.05, 0) is 13.0 Å². The van der Waals surface area contributed by atoms with Crippen molar-refractivity contribution in [1.29, 1.82) is 0 Å². The molecule has 0 fully saturated rings. The maximum atomic E-state index is 8.99. The highest BCUT2D eigenvalue weighted by atomic mass is 35.5. The van der Waals surface area contributed by atoms with Crippen LogP contribution in [-0.4, -0.2) is 21.2 Å². The highest BCUT2D eigenvalue weighted by Crippen LogP contribution is 2.05. The molecule has 0 unspecified atom stereocenters. The average molecular weight is 173 g/mol. The molecule has 1 rings (SSSR count). The molecular weight excluding hydrogens is 164 g/mol. The highest BCUT2D eigenvalue weighted by molar-refractivity contribution is 6.29. The van der Waals surface area contributed by atoms with Crippen LogP contribution < -0.4 is 0 Å². The van der Waals surface area contributed by atoms with Crippen molar-refractivity contribution < 1.29 is 5.11 Å². The molecule has 0 bridgehead atoms. The van der Waals surface area contributed by atoms with E-state index in [4.69, 9.17) is 16.7 Å². The molecule has 60 valence electrons. The molecule has 0 aliphatic carbocycles. The second kappa shape index (κ2) is 3.64. The van der Waals surface area contributed by atoms with Crippen LogP contribution in [0.15, 0.2) is 12.4 Å². The summed E-state index contributed by atoms with van der Waals surface area (Å²) in [6, 6.07) is 1.65. The second-order valence-corrected chi connectivity index (χ2v) is 2.77. The van der Waals surface area contributed by atoms with E-state index in [-0.39, 0.29) is 6.10 Å². The Kier molecular flexibility index (Phi) is 2.79. The summed E-state index contributed by atoms with van der Waals surface area (Å²) in [5, 5.41) is 9.41. The van der Waals surface area contributed by atoms with Crippen LogP contribution in [0.25, 0.3) is 0 Å². The number of aliphatic hydroxyl groups excluding tert-OH is 1. The van der Waals surface area contributed by atoms with Crippen molar-refractivity contribution in [3.63, 3.8) is 0 Å². The largest absolute Gasteiger partial charge is 0.393 e. The molecule has 1 aromatic heterocycles. The summed E-state index contributed by atoms with van der Waals surface area (Å²) in [7, 11) is 0. The molecule has 3 nitrogen and oxygen atoms in total. The normalized spacial score (nSPS) is 13.0. The van der Waals surface area contributed by atoms with Gasteiger partial charge in [0.05, 0.1) is 6.10 Å². The third-order valence-corrected chi connectivity index (χ3v) is 1.40. The second-order valence-electron chi connectivity index (χ2n) is 2.39. The van der Waals surface area contributed by atoms with E-state index in [2.05, 4.69) is 9.97 Å². The van der Waals surface area contributed by atoms with Gasteiger partial charge < -0.3 is 5.11 Å². The third-order valence-electron chi connectivity index (χ3n) is 1.19. The molecule has 1 atom stereocenters. The van der Waals surface area contributed by atoms with Gasteiger partial charge in [0.25, 0.3) is 0 Å². The average Bonchev–Trinajstić information content (AvgIpc) is 1.85. The maximum Gasteiger partial charge on any atom is 0.132 e. The SMILES string of the molecule is C[C@H](O)Cc1cc(Cl)ncn1. The van der Waals surface area contributed by atoms with E-state index >= 15 is 0 Å². The fraction of sp³-hybridized carbons (Fsp3) is 0.429. The van der Waals surface area contributed by atoms with Crippen molar-refractivity contribution in [2.24, 2.45) is 0 Å². The number of aromatic nitrogens is 2. The van der Waals surface area contributed by atoms with E-state index in [9.17, 15) is 0 Å². The van der Waals surface area contributed by atoms with E-state index in [1.54, 1.807) is 13.0 Å². The Morgan fingerprint density at radius 3 is 2.91 bits per heavy atom. The number of nitrogens with zero attached hydrogens (tertiary/aromatic N) is 2. The summed E-state index contributed by atoms with van der Waals surface area (Å²) < 4.78 is 0. The van der Waals surface area contributed by atoms with Crippen LogP contribution in [0.3, 0.4) is 0 Å². The summed E-state index contributed by atoms with van der Waals surface area (Å²) in [6.45, 7) is 1.70. The summed E-state index contributed by atoms with van der Waals surface area (Å²) in [4.78, 5) is 7.64. The van der Waals surface area contributed by atoms with Gasteiger partial charge in [-0.25, -0.2) is 9.97 Å². The molecule has 0 saturated heterocycles. The first-order chi connectivity index (χ1) is 5.18. The van der Waals surface area contributed by atoms with Crippen molar-refractivity contribution in [2.75, 3.05) is 0 Å². The molecule has 11 heavy (non-hydrogen) atoms. The van der Waals surface area contributed by atoms with Gasteiger partial charge in [0.2, 0.25) is 0 Å². The maximum absolute atomic E-state index is 8.99. The van der Waals surface area contributed by atoms with Crippen LogP contribution >= 0.6 is 11.6 Å². The Morgan fingerprint density at radius 1 is 1.64 bits per heavy atom. The summed E-state index contributed by atoms with van der Waals surface area (Å²) >= 11 is 5.60. The van der Waals surface area contributed by atoms with Gasteiger partial charge in [-0.15, -0.1) is 0 Å². The van der Waals surface area contributed by atoms with Crippen molar-refractivity contribution in [1.82, 2.24) is 9.97 Å². The van der Waals surface area contributed by atoms with Gasteiger partial charge in [0, 0.05) is 12.1 Å². The van der Waals surface area contributed by atoms with E-state index in [0.29, 0.717) is 11.6 Å². The fourth-order valence-electron chi connectivity index (χ4n) is 0.784. The fourth-order valence-corrected chi connectivity index (χ4v) is 0.954. The van der Waals surface area contributed by atoms with Crippen LogP contribution in [0.2, 0.25) is 5.15 Å². The molecule has 0 radical (unpaired) electrons. The van der Waals surface area contributed by atoms with Crippen LogP contribution in [0.4, 0.5) is 0 Å². The molecule has 1 heterocycles. The molecular formula is C7H9ClN2O. The Bertz CT molecular complexity index is 240. The number of hydrogen-bond donors (Lipinski definition) is 1. The lowest BCUT2D eigenvalue weighted by Gasteiger charge is -2.01. The Morgan fingerprint density at radius 2 is 2.36 bits per heavy atom. The van der Waals surface area contributed by atoms with Crippen LogP contribution in [0, 0.1) is 0 Å². The molecule has 0 spiro atoms. The topological polar surface area (TPSA) is 46.0 Å². The van der Waals surface area contributed by atoms with Crippen molar-refractivity contribution in [3.05, 3.63) is 23.2 Å². The first-order valence-electron chi connectivity index (χ1n) is 3.33. The van der Waals surface area contributed by atoms with Gasteiger partial charge in [-0.1, -0.05) is 11.6 Å². The zero-order valence-corrected chi connectivity index (χ0v) is 6.91. The monoisotopic (exact) mass is 172 g/mol. The van der Waals surface area contributed by atoms with Crippen LogP contribution in [-0.2, 0) is 6.42 Å². The lowest BCUT2D eigenvalue weighted by atomic mass is 10.2. The first-order valence-corrected chi connectivity index (χ1v) is 3.71. The molecule has 0 aromatic carbocycles. The summed E-state index contributed by atoms with van der Waals surface area (Å²) in [6.07, 6.45) is 1.52. The molecule has 0 aliphatic heterocycles. The molecule has 1 aromatic rings. The number of aliphatic hydroxyl groups is 1. The molecule has 0 amide bonds. The number of halogens is 1. The Labute approximate surface area is 70.1 Å². The van der Waals surface area contributed by atoms with E-state index in [0.717, 1.165) is 5.69 Å². The summed E-state index contributed by atoms with van der Waals surface area (Å²) in [5.74, 6) is 0. The molecule has 4 heteroatoms. The predicted octanol–water partition coefficient (Wildman–Crippen LogP) is 1.05. The number of hydrogen-bond acceptors (Lipinski definition) is 3. The van der Waals surface area contributed by atoms with Gasteiger partial charge in [0.15, 0.2) is 0 Å². The molecule has 1 N–H and O–H groups in total. The van der Waals surface area contributed by atoms with Crippen LogP contribution in [0.5, 0.6) is 0 Å². The number of rotatable bonds is 2. The van der Waals surface area contributed by atoms with E-state index in [1.807, 2.05) is 0 Å². The molecule has 0 saturated carbocycles. The minimum atomic E-state index is -0.388. The van der Waals surface area contributed by atoms with E-state index in [1.165, 1.54) is 6.33 Å². The lowest BCUT2D eigenvalue weighted by molar-refractivity contribution is 0.194. The standard InChI is InChI=1S/C7H9ClN2O/c1-5(11)2-6-3-7(8)10-4-9-6/h3-5,11H,2H2,1H3/t5-/m0/s1. The van der Waals surface area contributed by atoms with Gasteiger partial charge in [0.1, 0.15) is 11.5 Å². The molecule has 0 aliphatic rings. The predicted molar refractivity (Wildman–Crippen MR) is 42.4 cm³/mol. The Balaban J connectivity index is 2.71.